The zero-order valence-corrected chi connectivity index (χ0v) is 26.4. The molecule has 0 aliphatic heterocycles. The topological polar surface area (TPSA) is 61.4 Å². The number of aromatic nitrogens is 3. The SMILES string of the molecule is CCOc1cc(C)c(-c2nc3ccccc3c(=O)n2N=Cc2c(C)n(Cc3ccccc3Cl)c3ccccc23)cc1C(C)C. The fourth-order valence-electron chi connectivity index (χ4n) is 5.81. The highest BCUT2D eigenvalue weighted by atomic mass is 35.5. The van der Waals surface area contributed by atoms with Crippen LogP contribution in [0, 0.1) is 13.8 Å². The lowest BCUT2D eigenvalue weighted by Crippen LogP contribution is -2.21. The average Bonchev–Trinajstić information content (AvgIpc) is 3.28. The van der Waals surface area contributed by atoms with Crippen molar-refractivity contribution in [3.63, 3.8) is 0 Å². The molecule has 0 N–H and O–H groups in total. The summed E-state index contributed by atoms with van der Waals surface area (Å²) in [7, 11) is 0. The number of para-hydroxylation sites is 2. The van der Waals surface area contributed by atoms with Crippen LogP contribution in [0.25, 0.3) is 33.2 Å². The number of aryl methyl sites for hydroxylation is 1. The van der Waals surface area contributed by atoms with E-state index in [4.69, 9.17) is 26.4 Å². The van der Waals surface area contributed by atoms with Crippen LogP contribution in [-0.2, 0) is 6.54 Å². The number of ether oxygens (including phenoxy) is 1. The van der Waals surface area contributed by atoms with Crippen LogP contribution >= 0.6 is 11.6 Å². The van der Waals surface area contributed by atoms with E-state index in [0.29, 0.717) is 29.9 Å². The first kappa shape index (κ1) is 29.4. The quantitative estimate of drug-likeness (QED) is 0.164. The molecule has 0 amide bonds. The maximum Gasteiger partial charge on any atom is 0.282 e. The third kappa shape index (κ3) is 5.31. The van der Waals surface area contributed by atoms with Gasteiger partial charge in [-0.25, -0.2) is 4.98 Å². The summed E-state index contributed by atoms with van der Waals surface area (Å²) in [5.41, 5.74) is 7.33. The molecule has 0 aliphatic carbocycles. The Morgan fingerprint density at radius 1 is 0.955 bits per heavy atom. The van der Waals surface area contributed by atoms with Crippen molar-refractivity contribution in [1.82, 2.24) is 14.2 Å². The summed E-state index contributed by atoms with van der Waals surface area (Å²) in [6.45, 7) is 11.5. The second kappa shape index (κ2) is 12.1. The van der Waals surface area contributed by atoms with Gasteiger partial charge in [0.15, 0.2) is 5.82 Å². The van der Waals surface area contributed by atoms with Gasteiger partial charge in [-0.3, -0.25) is 4.79 Å². The summed E-state index contributed by atoms with van der Waals surface area (Å²) in [6, 6.07) is 27.7. The molecule has 0 fully saturated rings. The molecule has 0 spiro atoms. The van der Waals surface area contributed by atoms with Gasteiger partial charge < -0.3 is 9.30 Å². The van der Waals surface area contributed by atoms with E-state index in [-0.39, 0.29) is 11.5 Å². The molecular formula is C37H35ClN4O2. The maximum atomic E-state index is 14.0. The van der Waals surface area contributed by atoms with Gasteiger partial charge in [0.25, 0.3) is 5.56 Å². The van der Waals surface area contributed by atoms with Crippen LogP contribution in [0.15, 0.2) is 94.8 Å². The number of rotatable bonds is 8. The minimum absolute atomic E-state index is 0.215. The van der Waals surface area contributed by atoms with E-state index in [9.17, 15) is 4.79 Å². The Labute approximate surface area is 262 Å². The smallest absolute Gasteiger partial charge is 0.282 e. The van der Waals surface area contributed by atoms with Gasteiger partial charge >= 0.3 is 0 Å². The van der Waals surface area contributed by atoms with E-state index in [1.54, 1.807) is 12.3 Å². The Hall–Kier alpha value is -4.68. The Morgan fingerprint density at radius 3 is 2.41 bits per heavy atom. The zero-order valence-electron chi connectivity index (χ0n) is 25.6. The molecule has 7 heteroatoms. The van der Waals surface area contributed by atoms with Crippen LogP contribution in [0.2, 0.25) is 5.02 Å². The van der Waals surface area contributed by atoms with Gasteiger partial charge in [-0.15, -0.1) is 0 Å². The number of fused-ring (bicyclic) bond motifs is 2. The van der Waals surface area contributed by atoms with Gasteiger partial charge in [-0.1, -0.05) is 74.0 Å². The van der Waals surface area contributed by atoms with Crippen molar-refractivity contribution in [3.05, 3.63) is 128 Å². The average molecular weight is 603 g/mol. The van der Waals surface area contributed by atoms with Gasteiger partial charge in [0.05, 0.1) is 23.7 Å². The Kier molecular flexibility index (Phi) is 8.11. The molecule has 0 radical (unpaired) electrons. The van der Waals surface area contributed by atoms with Crippen LogP contribution in [0.5, 0.6) is 5.75 Å². The summed E-state index contributed by atoms with van der Waals surface area (Å²) in [6.07, 6.45) is 1.79. The number of benzene rings is 4. The molecule has 2 heterocycles. The minimum Gasteiger partial charge on any atom is -0.494 e. The van der Waals surface area contributed by atoms with Gasteiger partial charge in [0, 0.05) is 39.3 Å². The molecule has 0 unspecified atom stereocenters. The molecule has 0 aliphatic rings. The molecule has 0 bridgehead atoms. The van der Waals surface area contributed by atoms with Crippen molar-refractivity contribution in [2.45, 2.75) is 47.1 Å². The lowest BCUT2D eigenvalue weighted by atomic mass is 9.96. The number of nitrogens with zero attached hydrogens (tertiary/aromatic N) is 4. The summed E-state index contributed by atoms with van der Waals surface area (Å²) >= 11 is 6.54. The van der Waals surface area contributed by atoms with E-state index >= 15 is 0 Å². The highest BCUT2D eigenvalue weighted by molar-refractivity contribution is 6.31. The van der Waals surface area contributed by atoms with E-state index in [0.717, 1.165) is 55.2 Å². The predicted octanol–water partition coefficient (Wildman–Crippen LogP) is 8.74. The summed E-state index contributed by atoms with van der Waals surface area (Å²) < 4.78 is 9.66. The Bertz CT molecular complexity index is 2110. The number of hydrogen-bond donors (Lipinski definition) is 0. The molecule has 222 valence electrons. The molecule has 0 atom stereocenters. The fourth-order valence-corrected chi connectivity index (χ4v) is 6.01. The largest absolute Gasteiger partial charge is 0.494 e. The van der Waals surface area contributed by atoms with Gasteiger partial charge in [0.1, 0.15) is 5.75 Å². The second-order valence-corrected chi connectivity index (χ2v) is 11.7. The molecule has 6 rings (SSSR count). The summed E-state index contributed by atoms with van der Waals surface area (Å²) in [5.74, 6) is 1.56. The molecule has 2 aromatic heterocycles. The third-order valence-corrected chi connectivity index (χ3v) is 8.51. The Morgan fingerprint density at radius 2 is 1.66 bits per heavy atom. The van der Waals surface area contributed by atoms with Crippen LogP contribution in [-0.4, -0.2) is 27.0 Å². The molecule has 0 saturated carbocycles. The Balaban J connectivity index is 1.55. The van der Waals surface area contributed by atoms with Gasteiger partial charge in [-0.2, -0.15) is 9.78 Å². The lowest BCUT2D eigenvalue weighted by Gasteiger charge is -2.18. The van der Waals surface area contributed by atoms with Crippen LogP contribution < -0.4 is 10.3 Å². The van der Waals surface area contributed by atoms with Gasteiger partial charge in [0.2, 0.25) is 0 Å². The van der Waals surface area contributed by atoms with Crippen LogP contribution in [0.3, 0.4) is 0 Å². The minimum atomic E-state index is -0.223. The molecule has 6 aromatic rings. The van der Waals surface area contributed by atoms with E-state index < -0.39 is 0 Å². The van der Waals surface area contributed by atoms with E-state index in [2.05, 4.69) is 43.5 Å². The van der Waals surface area contributed by atoms with Crippen molar-refractivity contribution in [2.24, 2.45) is 5.10 Å². The van der Waals surface area contributed by atoms with Crippen molar-refractivity contribution in [3.8, 4) is 17.1 Å². The normalized spacial score (nSPS) is 11.8. The first-order valence-electron chi connectivity index (χ1n) is 14.9. The van der Waals surface area contributed by atoms with Crippen LogP contribution in [0.1, 0.15) is 54.6 Å². The van der Waals surface area contributed by atoms with Crippen molar-refractivity contribution < 1.29 is 4.74 Å². The monoisotopic (exact) mass is 602 g/mol. The van der Waals surface area contributed by atoms with Crippen molar-refractivity contribution in [1.29, 1.82) is 0 Å². The van der Waals surface area contributed by atoms with E-state index in [1.807, 2.05) is 74.5 Å². The van der Waals surface area contributed by atoms with Crippen LogP contribution in [0.4, 0.5) is 0 Å². The highest BCUT2D eigenvalue weighted by Crippen LogP contribution is 2.34. The molecule has 6 nitrogen and oxygen atoms in total. The first-order chi connectivity index (χ1) is 21.3. The van der Waals surface area contributed by atoms with Crippen molar-refractivity contribution in [2.75, 3.05) is 6.61 Å². The maximum absolute atomic E-state index is 14.0. The number of hydrogen-bond acceptors (Lipinski definition) is 4. The highest BCUT2D eigenvalue weighted by Gasteiger charge is 2.19. The standard InChI is InChI=1S/C37H35ClN4O2/c1-6-44-35-19-24(4)30(20-29(35)23(2)3)36-40-33-17-11-8-15-28(33)37(43)42(36)39-21-31-25(5)41(34-18-12-9-14-27(31)34)22-26-13-7-10-16-32(26)38/h7-21,23H,6,22H2,1-5H3. The lowest BCUT2D eigenvalue weighted by molar-refractivity contribution is 0.335. The molecule has 44 heavy (non-hydrogen) atoms. The number of halogens is 1. The third-order valence-electron chi connectivity index (χ3n) is 8.14. The molecule has 4 aromatic carbocycles. The summed E-state index contributed by atoms with van der Waals surface area (Å²) in [4.78, 5) is 19.0. The second-order valence-electron chi connectivity index (χ2n) is 11.3. The fraction of sp³-hybridized carbons (Fsp3) is 0.216. The van der Waals surface area contributed by atoms with E-state index in [1.165, 1.54) is 4.68 Å². The zero-order chi connectivity index (χ0) is 31.0. The first-order valence-corrected chi connectivity index (χ1v) is 15.3. The molecule has 0 saturated heterocycles. The summed E-state index contributed by atoms with van der Waals surface area (Å²) in [5, 5.41) is 7.16. The predicted molar refractivity (Wildman–Crippen MR) is 182 cm³/mol. The van der Waals surface area contributed by atoms with Crippen molar-refractivity contribution >= 4 is 39.6 Å². The van der Waals surface area contributed by atoms with Gasteiger partial charge in [-0.05, 0) is 79.8 Å². The molecular weight excluding hydrogens is 568 g/mol.